The molecule has 1 N–H and O–H groups in total. The van der Waals surface area contributed by atoms with Crippen LogP contribution in [-0.2, 0) is 14.8 Å². The number of halogens is 3. The van der Waals surface area contributed by atoms with Crippen LogP contribution in [0.15, 0.2) is 21.5 Å². The Balaban J connectivity index is 3.07. The van der Waals surface area contributed by atoms with E-state index in [2.05, 4.69) is 25.4 Å². The first-order valence-electron chi connectivity index (χ1n) is 4.51. The molecule has 1 rings (SSSR count). The second kappa shape index (κ2) is 5.85. The average molecular weight is 330 g/mol. The maximum atomic E-state index is 13.4. The molecule has 0 saturated carbocycles. The van der Waals surface area contributed by atoms with Crippen molar-refractivity contribution in [2.24, 2.45) is 0 Å². The summed E-state index contributed by atoms with van der Waals surface area (Å²) in [6.45, 7) is 0.155. The predicted molar refractivity (Wildman–Crippen MR) is 61.1 cm³/mol. The first kappa shape index (κ1) is 14.5. The van der Waals surface area contributed by atoms with Gasteiger partial charge >= 0.3 is 0 Å². The van der Waals surface area contributed by atoms with Crippen molar-refractivity contribution < 1.29 is 21.9 Å². The Morgan fingerprint density at radius 3 is 2.59 bits per heavy atom. The molecule has 0 saturated heterocycles. The highest BCUT2D eigenvalue weighted by Gasteiger charge is 2.23. The van der Waals surface area contributed by atoms with Crippen LogP contribution in [0.3, 0.4) is 0 Å². The second-order valence-corrected chi connectivity index (χ2v) is 5.65. The molecule has 0 heterocycles. The van der Waals surface area contributed by atoms with E-state index < -0.39 is 26.6 Å². The number of nitrogens with one attached hydrogen (secondary N) is 1. The van der Waals surface area contributed by atoms with Crippen LogP contribution in [0.5, 0.6) is 0 Å². The third kappa shape index (κ3) is 3.70. The fourth-order valence-electron chi connectivity index (χ4n) is 1.14. The van der Waals surface area contributed by atoms with Crippen molar-refractivity contribution >= 4 is 26.0 Å². The van der Waals surface area contributed by atoms with E-state index in [4.69, 9.17) is 0 Å². The molecule has 0 aromatic heterocycles. The summed E-state index contributed by atoms with van der Waals surface area (Å²) in [6.07, 6.45) is 0. The van der Waals surface area contributed by atoms with Crippen molar-refractivity contribution in [2.75, 3.05) is 20.3 Å². The molecule has 96 valence electrons. The van der Waals surface area contributed by atoms with Crippen LogP contribution in [0, 0.1) is 11.6 Å². The zero-order chi connectivity index (χ0) is 13.1. The summed E-state index contributed by atoms with van der Waals surface area (Å²) in [7, 11) is -2.62. The van der Waals surface area contributed by atoms with Gasteiger partial charge in [0.15, 0.2) is 0 Å². The molecule has 4 nitrogen and oxygen atoms in total. The van der Waals surface area contributed by atoms with Crippen LogP contribution in [-0.4, -0.2) is 28.7 Å². The van der Waals surface area contributed by atoms with Crippen LogP contribution >= 0.6 is 15.9 Å². The fourth-order valence-corrected chi connectivity index (χ4v) is 3.31. The zero-order valence-corrected chi connectivity index (χ0v) is 11.2. The minimum Gasteiger partial charge on any atom is -0.383 e. The zero-order valence-electron chi connectivity index (χ0n) is 8.84. The minimum absolute atomic E-state index is 0.00207. The summed E-state index contributed by atoms with van der Waals surface area (Å²) >= 11 is 2.81. The summed E-state index contributed by atoms with van der Waals surface area (Å²) in [5, 5.41) is 0. The molecular formula is C9H10BrF2NO3S. The van der Waals surface area contributed by atoms with E-state index in [0.29, 0.717) is 6.07 Å². The molecule has 0 spiro atoms. The van der Waals surface area contributed by atoms with Crippen molar-refractivity contribution in [2.45, 2.75) is 4.90 Å². The molecule has 0 radical (unpaired) electrons. The van der Waals surface area contributed by atoms with E-state index in [-0.39, 0.29) is 17.6 Å². The van der Waals surface area contributed by atoms with E-state index in [9.17, 15) is 17.2 Å². The highest BCUT2D eigenvalue weighted by molar-refractivity contribution is 9.10. The van der Waals surface area contributed by atoms with Gasteiger partial charge in [-0.25, -0.2) is 21.9 Å². The van der Waals surface area contributed by atoms with Crippen LogP contribution in [0.2, 0.25) is 0 Å². The van der Waals surface area contributed by atoms with Crippen LogP contribution in [0.1, 0.15) is 0 Å². The molecule has 17 heavy (non-hydrogen) atoms. The van der Waals surface area contributed by atoms with Gasteiger partial charge in [-0.3, -0.25) is 0 Å². The molecule has 0 amide bonds. The summed E-state index contributed by atoms with van der Waals surface area (Å²) < 4.78 is 56.2. The summed E-state index contributed by atoms with van der Waals surface area (Å²) in [4.78, 5) is -0.616. The largest absolute Gasteiger partial charge is 0.383 e. The number of sulfonamides is 1. The molecule has 0 aliphatic heterocycles. The van der Waals surface area contributed by atoms with Gasteiger partial charge in [-0.05, 0) is 22.0 Å². The van der Waals surface area contributed by atoms with Gasteiger partial charge in [0.25, 0.3) is 0 Å². The Hall–Kier alpha value is -0.570. The second-order valence-electron chi connectivity index (χ2n) is 3.09. The molecular weight excluding hydrogens is 320 g/mol. The third-order valence-electron chi connectivity index (χ3n) is 1.83. The first-order chi connectivity index (χ1) is 7.88. The van der Waals surface area contributed by atoms with E-state index in [1.807, 2.05) is 0 Å². The number of rotatable bonds is 5. The number of hydrogen-bond donors (Lipinski definition) is 1. The number of ether oxygens (including phenoxy) is 1. The standard InChI is InChI=1S/C9H10BrF2NO3S/c1-16-3-2-13-17(14,15)9-7(10)4-6(11)5-8(9)12/h4-5,13H,2-3H2,1H3. The van der Waals surface area contributed by atoms with Gasteiger partial charge in [-0.1, -0.05) is 0 Å². The van der Waals surface area contributed by atoms with Crippen molar-refractivity contribution in [3.63, 3.8) is 0 Å². The summed E-state index contributed by atoms with van der Waals surface area (Å²) in [5.41, 5.74) is 0. The molecule has 0 bridgehead atoms. The van der Waals surface area contributed by atoms with Gasteiger partial charge in [-0.2, -0.15) is 0 Å². The molecule has 0 aliphatic carbocycles. The Labute approximate surface area is 106 Å². The molecule has 0 unspecified atom stereocenters. The summed E-state index contributed by atoms with van der Waals surface area (Å²) in [6, 6.07) is 1.39. The van der Waals surface area contributed by atoms with E-state index >= 15 is 0 Å². The van der Waals surface area contributed by atoms with Gasteiger partial charge < -0.3 is 4.74 Å². The molecule has 8 heteroatoms. The fraction of sp³-hybridized carbons (Fsp3) is 0.333. The lowest BCUT2D eigenvalue weighted by Crippen LogP contribution is -2.28. The Kier molecular flexibility index (Phi) is 4.99. The van der Waals surface area contributed by atoms with E-state index in [1.54, 1.807) is 0 Å². The van der Waals surface area contributed by atoms with Gasteiger partial charge in [-0.15, -0.1) is 0 Å². The van der Waals surface area contributed by atoms with Crippen molar-refractivity contribution in [3.8, 4) is 0 Å². The lowest BCUT2D eigenvalue weighted by Gasteiger charge is -2.09. The molecule has 1 aromatic carbocycles. The van der Waals surface area contributed by atoms with Crippen LogP contribution in [0.25, 0.3) is 0 Å². The highest BCUT2D eigenvalue weighted by atomic mass is 79.9. The average Bonchev–Trinajstić information content (AvgIpc) is 2.15. The van der Waals surface area contributed by atoms with Gasteiger partial charge in [0, 0.05) is 24.2 Å². The maximum Gasteiger partial charge on any atom is 0.244 e. The van der Waals surface area contributed by atoms with Crippen LogP contribution in [0.4, 0.5) is 8.78 Å². The third-order valence-corrected chi connectivity index (χ3v) is 4.25. The highest BCUT2D eigenvalue weighted by Crippen LogP contribution is 2.25. The number of benzene rings is 1. The predicted octanol–water partition coefficient (Wildman–Crippen LogP) is 1.65. The Morgan fingerprint density at radius 1 is 1.41 bits per heavy atom. The van der Waals surface area contributed by atoms with Crippen molar-refractivity contribution in [3.05, 3.63) is 28.2 Å². The number of methoxy groups -OCH3 is 1. The molecule has 0 aliphatic rings. The lowest BCUT2D eigenvalue weighted by molar-refractivity contribution is 0.204. The van der Waals surface area contributed by atoms with Crippen molar-refractivity contribution in [1.29, 1.82) is 0 Å². The monoisotopic (exact) mass is 329 g/mol. The van der Waals surface area contributed by atoms with Crippen molar-refractivity contribution in [1.82, 2.24) is 4.72 Å². The maximum absolute atomic E-state index is 13.4. The minimum atomic E-state index is -4.03. The van der Waals surface area contributed by atoms with E-state index in [1.165, 1.54) is 7.11 Å². The lowest BCUT2D eigenvalue weighted by atomic mass is 10.3. The normalized spacial score (nSPS) is 11.8. The van der Waals surface area contributed by atoms with Gasteiger partial charge in [0.05, 0.1) is 6.61 Å². The molecule has 1 aromatic rings. The van der Waals surface area contributed by atoms with Gasteiger partial charge in [0.1, 0.15) is 16.5 Å². The molecule has 0 atom stereocenters. The topological polar surface area (TPSA) is 55.4 Å². The van der Waals surface area contributed by atoms with Crippen LogP contribution < -0.4 is 4.72 Å². The van der Waals surface area contributed by atoms with Gasteiger partial charge in [0.2, 0.25) is 10.0 Å². The molecule has 0 fully saturated rings. The van der Waals surface area contributed by atoms with E-state index in [0.717, 1.165) is 6.07 Å². The number of hydrogen-bond acceptors (Lipinski definition) is 3. The first-order valence-corrected chi connectivity index (χ1v) is 6.79. The SMILES string of the molecule is COCCNS(=O)(=O)c1c(F)cc(F)cc1Br. The smallest absolute Gasteiger partial charge is 0.244 e. The Morgan fingerprint density at radius 2 is 2.06 bits per heavy atom. The Bertz CT molecular complexity index is 484. The quantitative estimate of drug-likeness (QED) is 0.836. The summed E-state index contributed by atoms with van der Waals surface area (Å²) in [5.74, 6) is -2.01.